The molecule has 1 aliphatic rings. The fourth-order valence-corrected chi connectivity index (χ4v) is 2.94. The van der Waals surface area contributed by atoms with Crippen molar-refractivity contribution in [3.63, 3.8) is 0 Å². The van der Waals surface area contributed by atoms with E-state index in [1.807, 2.05) is 0 Å². The third-order valence-electron chi connectivity index (χ3n) is 4.45. The van der Waals surface area contributed by atoms with Crippen LogP contribution in [0.4, 0.5) is 0 Å². The number of aliphatic hydroxyl groups is 1. The second kappa shape index (κ2) is 7.46. The number of piperidine rings is 1. The van der Waals surface area contributed by atoms with Crippen molar-refractivity contribution in [2.75, 3.05) is 19.7 Å². The molecule has 1 heterocycles. The van der Waals surface area contributed by atoms with Gasteiger partial charge >= 0.3 is 0 Å². The minimum Gasteiger partial charge on any atom is -0.394 e. The molecule has 3 nitrogen and oxygen atoms in total. The predicted octanol–water partition coefficient (Wildman–Crippen LogP) is 2.39. The van der Waals surface area contributed by atoms with Gasteiger partial charge in [-0.3, -0.25) is 4.90 Å². The van der Waals surface area contributed by atoms with Gasteiger partial charge in [-0.15, -0.1) is 0 Å². The van der Waals surface area contributed by atoms with Gasteiger partial charge in [0.05, 0.1) is 6.61 Å². The molecule has 1 rings (SSSR count). The van der Waals surface area contributed by atoms with Gasteiger partial charge in [-0.05, 0) is 53.0 Å². The van der Waals surface area contributed by atoms with Crippen molar-refractivity contribution < 1.29 is 5.11 Å². The highest BCUT2D eigenvalue weighted by Crippen LogP contribution is 2.24. The van der Waals surface area contributed by atoms with Gasteiger partial charge in [0.15, 0.2) is 0 Å². The first-order valence-corrected chi connectivity index (χ1v) is 7.64. The van der Waals surface area contributed by atoms with Gasteiger partial charge in [-0.1, -0.05) is 13.3 Å². The van der Waals surface area contributed by atoms with Crippen LogP contribution in [0, 0.1) is 0 Å². The number of nitrogens with zero attached hydrogens (tertiary/aromatic N) is 1. The van der Waals surface area contributed by atoms with E-state index in [0.717, 1.165) is 25.9 Å². The van der Waals surface area contributed by atoms with Crippen LogP contribution in [0.2, 0.25) is 0 Å². The smallest absolute Gasteiger partial charge is 0.0611 e. The Bertz CT molecular complexity index is 225. The number of likely N-dealkylation sites (tertiary alicyclic amines) is 1. The van der Waals surface area contributed by atoms with E-state index in [0.29, 0.717) is 12.1 Å². The molecule has 1 unspecified atom stereocenters. The van der Waals surface area contributed by atoms with Crippen LogP contribution in [0.3, 0.4) is 0 Å². The number of aliphatic hydroxyl groups excluding tert-OH is 1. The third-order valence-corrected chi connectivity index (χ3v) is 4.45. The quantitative estimate of drug-likeness (QED) is 0.734. The molecule has 18 heavy (non-hydrogen) atoms. The summed E-state index contributed by atoms with van der Waals surface area (Å²) in [6.45, 7) is 11.3. The Labute approximate surface area is 113 Å². The molecule has 0 aromatic rings. The SMILES string of the molecule is CCCNC(C)(CO)CCN1[C@H](C)CCC[C@@H]1C. The Kier molecular flexibility index (Phi) is 6.61. The van der Waals surface area contributed by atoms with Gasteiger partial charge in [-0.25, -0.2) is 0 Å². The molecular formula is C15H32N2O. The van der Waals surface area contributed by atoms with Crippen LogP contribution in [0.5, 0.6) is 0 Å². The highest BCUT2D eigenvalue weighted by atomic mass is 16.3. The maximum Gasteiger partial charge on any atom is 0.0611 e. The lowest BCUT2D eigenvalue weighted by molar-refractivity contribution is 0.0782. The van der Waals surface area contributed by atoms with Gasteiger partial charge in [0.1, 0.15) is 0 Å². The summed E-state index contributed by atoms with van der Waals surface area (Å²) in [7, 11) is 0. The second-order valence-electron chi connectivity index (χ2n) is 6.26. The van der Waals surface area contributed by atoms with Crippen LogP contribution in [-0.4, -0.2) is 47.3 Å². The van der Waals surface area contributed by atoms with Crippen molar-refractivity contribution in [2.45, 2.75) is 77.4 Å². The van der Waals surface area contributed by atoms with E-state index in [-0.39, 0.29) is 12.1 Å². The monoisotopic (exact) mass is 256 g/mol. The zero-order valence-electron chi connectivity index (χ0n) is 12.7. The van der Waals surface area contributed by atoms with Crippen molar-refractivity contribution >= 4 is 0 Å². The summed E-state index contributed by atoms with van der Waals surface area (Å²) in [5.74, 6) is 0. The fraction of sp³-hybridized carbons (Fsp3) is 1.00. The molecule has 2 N–H and O–H groups in total. The molecule has 0 radical (unpaired) electrons. The minimum absolute atomic E-state index is 0.118. The molecule has 1 fully saturated rings. The van der Waals surface area contributed by atoms with Crippen molar-refractivity contribution in [1.29, 1.82) is 0 Å². The number of hydrogen-bond acceptors (Lipinski definition) is 3. The molecule has 0 aromatic carbocycles. The lowest BCUT2D eigenvalue weighted by Gasteiger charge is -2.41. The topological polar surface area (TPSA) is 35.5 Å². The van der Waals surface area contributed by atoms with Crippen LogP contribution < -0.4 is 5.32 Å². The highest BCUT2D eigenvalue weighted by Gasteiger charge is 2.28. The molecular weight excluding hydrogens is 224 g/mol. The average Bonchev–Trinajstić information content (AvgIpc) is 2.36. The summed E-state index contributed by atoms with van der Waals surface area (Å²) in [4.78, 5) is 2.62. The summed E-state index contributed by atoms with van der Waals surface area (Å²) >= 11 is 0. The zero-order valence-corrected chi connectivity index (χ0v) is 12.7. The van der Waals surface area contributed by atoms with Gasteiger partial charge in [-0.2, -0.15) is 0 Å². The first-order valence-electron chi connectivity index (χ1n) is 7.64. The number of nitrogens with one attached hydrogen (secondary N) is 1. The van der Waals surface area contributed by atoms with E-state index in [1.165, 1.54) is 19.3 Å². The lowest BCUT2D eigenvalue weighted by atomic mass is 9.93. The zero-order chi connectivity index (χ0) is 13.6. The standard InChI is InChI=1S/C15H32N2O/c1-5-10-16-15(4,12-18)9-11-17-13(2)7-6-8-14(17)3/h13-14,16,18H,5-12H2,1-4H3/t13-,14+,15?. The Morgan fingerprint density at radius 1 is 1.28 bits per heavy atom. The van der Waals surface area contributed by atoms with Crippen LogP contribution in [-0.2, 0) is 0 Å². The summed E-state index contributed by atoms with van der Waals surface area (Å²) in [5.41, 5.74) is -0.118. The normalized spacial score (nSPS) is 29.2. The van der Waals surface area contributed by atoms with E-state index >= 15 is 0 Å². The summed E-state index contributed by atoms with van der Waals surface area (Å²) < 4.78 is 0. The first-order chi connectivity index (χ1) is 8.52. The number of hydrogen-bond donors (Lipinski definition) is 2. The van der Waals surface area contributed by atoms with Gasteiger partial charge in [0.25, 0.3) is 0 Å². The van der Waals surface area contributed by atoms with Gasteiger partial charge in [0, 0.05) is 24.2 Å². The fourth-order valence-electron chi connectivity index (χ4n) is 2.94. The molecule has 0 amide bonds. The summed E-state index contributed by atoms with van der Waals surface area (Å²) in [6, 6.07) is 1.39. The lowest BCUT2D eigenvalue weighted by Crippen LogP contribution is -2.51. The molecule has 0 bridgehead atoms. The van der Waals surface area contributed by atoms with E-state index < -0.39 is 0 Å². The van der Waals surface area contributed by atoms with Crippen LogP contribution in [0.15, 0.2) is 0 Å². The van der Waals surface area contributed by atoms with Crippen LogP contribution in [0.25, 0.3) is 0 Å². The third kappa shape index (κ3) is 4.52. The molecule has 108 valence electrons. The van der Waals surface area contributed by atoms with E-state index in [1.54, 1.807) is 0 Å². The van der Waals surface area contributed by atoms with E-state index in [9.17, 15) is 5.11 Å². The van der Waals surface area contributed by atoms with Crippen LogP contribution in [0.1, 0.15) is 59.8 Å². The first kappa shape index (κ1) is 15.9. The summed E-state index contributed by atoms with van der Waals surface area (Å²) in [6.07, 6.45) is 6.15. The maximum atomic E-state index is 9.59. The molecule has 0 spiro atoms. The Hall–Kier alpha value is -0.120. The maximum absolute atomic E-state index is 9.59. The van der Waals surface area contributed by atoms with E-state index in [4.69, 9.17) is 0 Å². The Balaban J connectivity index is 2.45. The Morgan fingerprint density at radius 2 is 1.89 bits per heavy atom. The molecule has 3 atom stereocenters. The molecule has 0 aliphatic carbocycles. The number of rotatable bonds is 7. The van der Waals surface area contributed by atoms with Crippen molar-refractivity contribution in [2.24, 2.45) is 0 Å². The average molecular weight is 256 g/mol. The summed E-state index contributed by atoms with van der Waals surface area (Å²) in [5, 5.41) is 13.1. The van der Waals surface area contributed by atoms with Crippen molar-refractivity contribution in [1.82, 2.24) is 10.2 Å². The molecule has 1 aliphatic heterocycles. The van der Waals surface area contributed by atoms with Gasteiger partial charge in [0.2, 0.25) is 0 Å². The minimum atomic E-state index is -0.118. The highest BCUT2D eigenvalue weighted by molar-refractivity contribution is 4.86. The van der Waals surface area contributed by atoms with Crippen molar-refractivity contribution in [3.05, 3.63) is 0 Å². The molecule has 0 saturated carbocycles. The van der Waals surface area contributed by atoms with Crippen molar-refractivity contribution in [3.8, 4) is 0 Å². The molecule has 3 heteroatoms. The predicted molar refractivity (Wildman–Crippen MR) is 77.9 cm³/mol. The molecule has 1 saturated heterocycles. The van der Waals surface area contributed by atoms with Crippen LogP contribution >= 0.6 is 0 Å². The Morgan fingerprint density at radius 3 is 2.39 bits per heavy atom. The largest absolute Gasteiger partial charge is 0.394 e. The second-order valence-corrected chi connectivity index (χ2v) is 6.26. The molecule has 0 aromatic heterocycles. The van der Waals surface area contributed by atoms with Gasteiger partial charge < -0.3 is 10.4 Å². The van der Waals surface area contributed by atoms with E-state index in [2.05, 4.69) is 37.9 Å².